The normalized spacial score (nSPS) is 11.6. The Labute approximate surface area is 100 Å². The summed E-state index contributed by atoms with van der Waals surface area (Å²) in [5.41, 5.74) is 0.0107. The van der Waals surface area contributed by atoms with E-state index < -0.39 is 11.9 Å². The summed E-state index contributed by atoms with van der Waals surface area (Å²) in [6, 6.07) is 0. The zero-order chi connectivity index (χ0) is 13.3. The van der Waals surface area contributed by atoms with Gasteiger partial charge < -0.3 is 5.11 Å². The van der Waals surface area contributed by atoms with Gasteiger partial charge in [-0.1, -0.05) is 27.2 Å². The van der Waals surface area contributed by atoms with Crippen molar-refractivity contribution in [2.24, 2.45) is 5.92 Å². The van der Waals surface area contributed by atoms with Crippen molar-refractivity contribution >= 4 is 11.9 Å². The molecular weight excluding hydrogens is 228 g/mol. The Balaban J connectivity index is 4.13. The maximum Gasteiger partial charge on any atom is 0.372 e. The minimum Gasteiger partial charge on any atom is -0.478 e. The van der Waals surface area contributed by atoms with E-state index in [9.17, 15) is 9.59 Å². The Bertz CT molecular complexity index is 282. The number of hydrogen-bond donors (Lipinski definition) is 1. The van der Waals surface area contributed by atoms with Crippen molar-refractivity contribution in [1.82, 2.24) is 0 Å². The van der Waals surface area contributed by atoms with Gasteiger partial charge in [0.1, 0.15) is 0 Å². The fraction of sp³-hybridized carbons (Fsp3) is 0.636. The lowest BCUT2D eigenvalue weighted by Gasteiger charge is -2.08. The molecule has 98 valence electrons. The van der Waals surface area contributed by atoms with Crippen LogP contribution < -0.4 is 0 Å². The van der Waals surface area contributed by atoms with Gasteiger partial charge in [0.15, 0.2) is 0 Å². The van der Waals surface area contributed by atoms with Crippen molar-refractivity contribution in [1.29, 1.82) is 0 Å². The van der Waals surface area contributed by atoms with Crippen molar-refractivity contribution < 1.29 is 29.5 Å². The summed E-state index contributed by atoms with van der Waals surface area (Å²) in [4.78, 5) is 30.8. The first-order valence-electron chi connectivity index (χ1n) is 5.44. The smallest absolute Gasteiger partial charge is 0.372 e. The molecule has 0 rings (SSSR count). The maximum absolute atomic E-state index is 11.4. The molecule has 0 saturated carbocycles. The van der Waals surface area contributed by atoms with Crippen LogP contribution in [0.2, 0.25) is 0 Å². The first-order chi connectivity index (χ1) is 7.99. The van der Waals surface area contributed by atoms with Crippen LogP contribution in [0.3, 0.4) is 0 Å². The standard InChI is InChI=1S/C11H18O6/c1-4-5-6-15-17-16-11(14)9(8(2)3)7-10(12)13/h7-8H,4-6H2,1-3H3,(H,12,13). The highest BCUT2D eigenvalue weighted by Crippen LogP contribution is 2.11. The number of hydrogen-bond acceptors (Lipinski definition) is 5. The van der Waals surface area contributed by atoms with Crippen molar-refractivity contribution in [2.45, 2.75) is 33.6 Å². The van der Waals surface area contributed by atoms with Gasteiger partial charge in [0, 0.05) is 6.08 Å². The van der Waals surface area contributed by atoms with Crippen LogP contribution in [0.25, 0.3) is 0 Å². The van der Waals surface area contributed by atoms with Gasteiger partial charge in [-0.3, -0.25) is 4.89 Å². The summed E-state index contributed by atoms with van der Waals surface area (Å²) in [5.74, 6) is -2.35. The Hall–Kier alpha value is -1.40. The largest absolute Gasteiger partial charge is 0.478 e. The molecule has 0 spiro atoms. The molecule has 0 amide bonds. The SMILES string of the molecule is CCCCOOOC(=O)C(=CC(=O)O)C(C)C. The van der Waals surface area contributed by atoms with Gasteiger partial charge in [0.05, 0.1) is 12.2 Å². The summed E-state index contributed by atoms with van der Waals surface area (Å²) < 4.78 is 0. The molecule has 17 heavy (non-hydrogen) atoms. The Morgan fingerprint density at radius 1 is 1.35 bits per heavy atom. The first-order valence-corrected chi connectivity index (χ1v) is 5.44. The van der Waals surface area contributed by atoms with E-state index in [4.69, 9.17) is 5.11 Å². The third-order valence-electron chi connectivity index (χ3n) is 1.88. The lowest BCUT2D eigenvalue weighted by atomic mass is 10.0. The number of carboxylic acids is 1. The molecule has 0 heterocycles. The Morgan fingerprint density at radius 2 is 2.00 bits per heavy atom. The average molecular weight is 246 g/mol. The zero-order valence-electron chi connectivity index (χ0n) is 10.3. The highest BCUT2D eigenvalue weighted by molar-refractivity contribution is 5.95. The molecule has 0 aliphatic rings. The topological polar surface area (TPSA) is 82.1 Å². The molecule has 0 aliphatic heterocycles. The van der Waals surface area contributed by atoms with Crippen LogP contribution in [0.15, 0.2) is 11.6 Å². The summed E-state index contributed by atoms with van der Waals surface area (Å²) in [6.07, 6.45) is 2.50. The average Bonchev–Trinajstić information content (AvgIpc) is 2.24. The molecule has 0 aromatic carbocycles. The summed E-state index contributed by atoms with van der Waals surface area (Å²) in [6.45, 7) is 5.63. The van der Waals surface area contributed by atoms with Crippen molar-refractivity contribution in [3.05, 3.63) is 11.6 Å². The van der Waals surface area contributed by atoms with Gasteiger partial charge in [-0.05, 0) is 17.4 Å². The minimum atomic E-state index is -1.21. The van der Waals surface area contributed by atoms with Gasteiger partial charge in [-0.2, -0.15) is 4.89 Å². The monoisotopic (exact) mass is 246 g/mol. The lowest BCUT2D eigenvalue weighted by Crippen LogP contribution is -2.15. The third-order valence-corrected chi connectivity index (χ3v) is 1.88. The van der Waals surface area contributed by atoms with E-state index in [1.54, 1.807) is 13.8 Å². The van der Waals surface area contributed by atoms with E-state index in [2.05, 4.69) is 14.8 Å². The Kier molecular flexibility index (Phi) is 8.00. The number of carboxylic acid groups (broad SMARTS) is 1. The van der Waals surface area contributed by atoms with Crippen LogP contribution in [-0.4, -0.2) is 23.7 Å². The summed E-state index contributed by atoms with van der Waals surface area (Å²) >= 11 is 0. The molecule has 0 bridgehead atoms. The van der Waals surface area contributed by atoms with E-state index >= 15 is 0 Å². The molecule has 1 N–H and O–H groups in total. The van der Waals surface area contributed by atoms with Crippen LogP contribution in [0.1, 0.15) is 33.6 Å². The molecule has 0 fully saturated rings. The number of aliphatic carboxylic acids is 1. The number of rotatable bonds is 8. The van der Waals surface area contributed by atoms with E-state index in [1.807, 2.05) is 6.92 Å². The second kappa shape index (κ2) is 8.72. The van der Waals surface area contributed by atoms with Gasteiger partial charge in [-0.15, -0.1) is 0 Å². The molecule has 0 radical (unpaired) electrons. The molecule has 0 saturated heterocycles. The van der Waals surface area contributed by atoms with Crippen LogP contribution in [-0.2, 0) is 24.4 Å². The quantitative estimate of drug-likeness (QED) is 0.304. The van der Waals surface area contributed by atoms with E-state index in [1.165, 1.54) is 0 Å². The second-order valence-electron chi connectivity index (χ2n) is 3.71. The predicted octanol–water partition coefficient (Wildman–Crippen LogP) is 1.86. The highest BCUT2D eigenvalue weighted by Gasteiger charge is 2.18. The van der Waals surface area contributed by atoms with Crippen LogP contribution in [0, 0.1) is 5.92 Å². The number of carbonyl (C=O) groups excluding carboxylic acids is 1. The van der Waals surface area contributed by atoms with Crippen molar-refractivity contribution in [3.8, 4) is 0 Å². The second-order valence-corrected chi connectivity index (χ2v) is 3.71. The van der Waals surface area contributed by atoms with E-state index in [0.717, 1.165) is 18.9 Å². The van der Waals surface area contributed by atoms with Gasteiger partial charge in [-0.25, -0.2) is 9.59 Å². The predicted molar refractivity (Wildman–Crippen MR) is 58.6 cm³/mol. The molecule has 0 aromatic rings. The van der Waals surface area contributed by atoms with Gasteiger partial charge in [0.2, 0.25) is 0 Å². The molecule has 6 nitrogen and oxygen atoms in total. The first kappa shape index (κ1) is 15.6. The van der Waals surface area contributed by atoms with Crippen molar-refractivity contribution in [3.63, 3.8) is 0 Å². The van der Waals surface area contributed by atoms with Crippen molar-refractivity contribution in [2.75, 3.05) is 6.61 Å². The van der Waals surface area contributed by atoms with E-state index in [-0.39, 0.29) is 11.5 Å². The number of carbonyl (C=O) groups is 2. The van der Waals surface area contributed by atoms with Gasteiger partial charge >= 0.3 is 11.9 Å². The molecule has 0 aliphatic carbocycles. The van der Waals surface area contributed by atoms with Crippen LogP contribution in [0.4, 0.5) is 0 Å². The molecule has 0 unspecified atom stereocenters. The molecule has 6 heteroatoms. The van der Waals surface area contributed by atoms with Crippen LogP contribution >= 0.6 is 0 Å². The fourth-order valence-corrected chi connectivity index (χ4v) is 0.935. The minimum absolute atomic E-state index is 0.0107. The number of unbranched alkanes of at least 4 members (excludes halogenated alkanes) is 1. The Morgan fingerprint density at radius 3 is 2.47 bits per heavy atom. The molecule has 0 aromatic heterocycles. The summed E-state index contributed by atoms with van der Waals surface area (Å²) in [5, 5.41) is 12.8. The molecule has 0 atom stereocenters. The lowest BCUT2D eigenvalue weighted by molar-refractivity contribution is -0.485. The fourth-order valence-electron chi connectivity index (χ4n) is 0.935. The van der Waals surface area contributed by atoms with E-state index in [0.29, 0.717) is 6.61 Å². The zero-order valence-corrected chi connectivity index (χ0v) is 10.3. The highest BCUT2D eigenvalue weighted by atomic mass is 17.5. The molecular formula is C11H18O6. The maximum atomic E-state index is 11.4. The summed E-state index contributed by atoms with van der Waals surface area (Å²) in [7, 11) is 0. The third kappa shape index (κ3) is 7.48. The van der Waals surface area contributed by atoms with Gasteiger partial charge in [0.25, 0.3) is 0 Å². The van der Waals surface area contributed by atoms with Crippen LogP contribution in [0.5, 0.6) is 0 Å².